The average molecular weight is 287 g/mol. The molecule has 7 heteroatoms. The average Bonchev–Trinajstić information content (AvgIpc) is 2.25. The van der Waals surface area contributed by atoms with E-state index >= 15 is 0 Å². The zero-order valence-corrected chi connectivity index (χ0v) is 12.5. The first-order valence-corrected chi connectivity index (χ1v) is 7.44. The van der Waals surface area contributed by atoms with Gasteiger partial charge in [-0.1, -0.05) is 13.8 Å². The second-order valence-electron chi connectivity index (χ2n) is 5.60. The number of hydrogen-bond donors (Lipinski definition) is 2. The Hall–Kier alpha value is -1.18. The van der Waals surface area contributed by atoms with Gasteiger partial charge in [0.05, 0.1) is 0 Å². The van der Waals surface area contributed by atoms with Gasteiger partial charge in [-0.2, -0.15) is 0 Å². The highest BCUT2D eigenvalue weighted by molar-refractivity contribution is 7.89. The van der Waals surface area contributed by atoms with Gasteiger partial charge in [-0.25, -0.2) is 13.1 Å². The molecule has 0 fully saturated rings. The van der Waals surface area contributed by atoms with Crippen LogP contribution in [0.15, 0.2) is 28.2 Å². The van der Waals surface area contributed by atoms with E-state index in [9.17, 15) is 13.2 Å². The Labute approximate surface area is 113 Å². The fourth-order valence-electron chi connectivity index (χ4n) is 1.89. The molecular weight excluding hydrogens is 266 g/mol. The van der Waals surface area contributed by atoms with E-state index in [4.69, 9.17) is 0 Å². The van der Waals surface area contributed by atoms with Crippen LogP contribution in [0.5, 0.6) is 0 Å². The van der Waals surface area contributed by atoms with Gasteiger partial charge in [-0.05, 0) is 19.5 Å². The smallest absolute Gasteiger partial charge is 0.245 e. The molecule has 1 heterocycles. The molecule has 1 aromatic rings. The number of hydrogen-bond acceptors (Lipinski definition) is 4. The normalized spacial score (nSPS) is 12.9. The molecule has 0 spiro atoms. The first-order chi connectivity index (χ1) is 8.64. The van der Waals surface area contributed by atoms with Crippen molar-refractivity contribution < 1.29 is 8.42 Å². The number of nitrogens with one attached hydrogen (secondary N) is 2. The molecule has 19 heavy (non-hydrogen) atoms. The van der Waals surface area contributed by atoms with Gasteiger partial charge in [0.15, 0.2) is 0 Å². The lowest BCUT2D eigenvalue weighted by atomic mass is 9.93. The van der Waals surface area contributed by atoms with Crippen LogP contribution in [0.4, 0.5) is 0 Å². The van der Waals surface area contributed by atoms with Crippen LogP contribution in [0, 0.1) is 5.41 Å². The molecular formula is C12H21N3O3S. The van der Waals surface area contributed by atoms with E-state index in [-0.39, 0.29) is 16.9 Å². The lowest BCUT2D eigenvalue weighted by molar-refractivity contribution is 0.242. The molecule has 2 N–H and O–H groups in total. The summed E-state index contributed by atoms with van der Waals surface area (Å²) in [5.74, 6) is 0. The molecule has 6 nitrogen and oxygen atoms in total. The summed E-state index contributed by atoms with van der Waals surface area (Å²) in [6, 6.07) is 1.19. The predicted octanol–water partition coefficient (Wildman–Crippen LogP) is 0.241. The molecule has 0 saturated carbocycles. The summed E-state index contributed by atoms with van der Waals surface area (Å²) in [7, 11) is 0.0852. The fraction of sp³-hybridized carbons (Fsp3) is 0.583. The van der Waals surface area contributed by atoms with E-state index in [1.54, 1.807) is 0 Å². The van der Waals surface area contributed by atoms with Crippen LogP contribution in [-0.2, 0) is 10.0 Å². The zero-order chi connectivity index (χ0) is 14.7. The van der Waals surface area contributed by atoms with Crippen molar-refractivity contribution in [3.8, 4) is 0 Å². The minimum Gasteiger partial charge on any atom is -0.366 e. The van der Waals surface area contributed by atoms with Gasteiger partial charge < -0.3 is 9.88 Å². The zero-order valence-electron chi connectivity index (χ0n) is 11.7. The van der Waals surface area contributed by atoms with Crippen molar-refractivity contribution in [1.82, 2.24) is 14.6 Å². The van der Waals surface area contributed by atoms with E-state index in [2.05, 4.69) is 9.71 Å². The first kappa shape index (κ1) is 15.9. The van der Waals surface area contributed by atoms with E-state index < -0.39 is 15.5 Å². The van der Waals surface area contributed by atoms with Crippen LogP contribution in [0.25, 0.3) is 0 Å². The minimum absolute atomic E-state index is 0.224. The number of aromatic amines is 1. The molecule has 0 aliphatic carbocycles. The van der Waals surface area contributed by atoms with Crippen molar-refractivity contribution >= 4 is 10.0 Å². The van der Waals surface area contributed by atoms with Gasteiger partial charge in [0, 0.05) is 31.5 Å². The van der Waals surface area contributed by atoms with E-state index in [1.807, 2.05) is 32.8 Å². The van der Waals surface area contributed by atoms with Gasteiger partial charge in [-0.15, -0.1) is 0 Å². The highest BCUT2D eigenvalue weighted by atomic mass is 32.2. The maximum absolute atomic E-state index is 12.0. The maximum atomic E-state index is 12.0. The van der Waals surface area contributed by atoms with E-state index in [0.717, 1.165) is 6.54 Å². The monoisotopic (exact) mass is 287 g/mol. The van der Waals surface area contributed by atoms with E-state index in [1.165, 1.54) is 18.5 Å². The molecule has 0 unspecified atom stereocenters. The summed E-state index contributed by atoms with van der Waals surface area (Å²) >= 11 is 0. The third kappa shape index (κ3) is 4.77. The number of nitrogens with zero attached hydrogens (tertiary/aromatic N) is 1. The molecule has 0 atom stereocenters. The number of pyridine rings is 1. The van der Waals surface area contributed by atoms with Crippen LogP contribution in [0.3, 0.4) is 0 Å². The number of rotatable bonds is 6. The Balaban J connectivity index is 2.83. The van der Waals surface area contributed by atoms with Crippen molar-refractivity contribution in [3.63, 3.8) is 0 Å². The van der Waals surface area contributed by atoms with Crippen LogP contribution in [0.1, 0.15) is 13.8 Å². The maximum Gasteiger partial charge on any atom is 0.245 e. The second kappa shape index (κ2) is 5.85. The summed E-state index contributed by atoms with van der Waals surface area (Å²) in [5, 5.41) is 0. The van der Waals surface area contributed by atoms with Crippen molar-refractivity contribution in [2.45, 2.75) is 18.7 Å². The Morgan fingerprint density at radius 3 is 2.53 bits per heavy atom. The molecule has 0 aromatic carbocycles. The van der Waals surface area contributed by atoms with Gasteiger partial charge in [-0.3, -0.25) is 4.79 Å². The Kier molecular flexibility index (Phi) is 4.89. The standard InChI is InChI=1S/C12H21N3O3S/c1-12(2,9-15(3)4)8-14-19(17,18)11-7-13-6-5-10(11)16/h5-7,14H,8-9H2,1-4H3,(H,13,16). The first-order valence-electron chi connectivity index (χ1n) is 5.96. The van der Waals surface area contributed by atoms with Crippen LogP contribution >= 0.6 is 0 Å². The minimum atomic E-state index is -3.77. The summed E-state index contributed by atoms with van der Waals surface area (Å²) in [4.78, 5) is 15.9. The molecule has 0 bridgehead atoms. The molecule has 0 amide bonds. The molecule has 1 rings (SSSR count). The highest BCUT2D eigenvalue weighted by Crippen LogP contribution is 2.15. The second-order valence-corrected chi connectivity index (χ2v) is 7.33. The quantitative estimate of drug-likeness (QED) is 0.785. The lowest BCUT2D eigenvalue weighted by Crippen LogP contribution is -2.40. The molecule has 0 aliphatic rings. The highest BCUT2D eigenvalue weighted by Gasteiger charge is 2.24. The number of H-pyrrole nitrogens is 1. The Morgan fingerprint density at radius 2 is 2.00 bits per heavy atom. The largest absolute Gasteiger partial charge is 0.366 e. The van der Waals surface area contributed by atoms with Crippen molar-refractivity contribution in [2.24, 2.45) is 5.41 Å². The van der Waals surface area contributed by atoms with E-state index in [0.29, 0.717) is 0 Å². The van der Waals surface area contributed by atoms with Crippen LogP contribution < -0.4 is 10.2 Å². The molecule has 0 saturated heterocycles. The summed E-state index contributed by atoms with van der Waals surface area (Å²) in [6.45, 7) is 4.93. The van der Waals surface area contributed by atoms with Crippen molar-refractivity contribution in [1.29, 1.82) is 0 Å². The fourth-order valence-corrected chi connectivity index (χ4v) is 3.18. The SMILES string of the molecule is CN(C)CC(C)(C)CNS(=O)(=O)c1c[nH]ccc1=O. The molecule has 0 radical (unpaired) electrons. The van der Waals surface area contributed by atoms with Crippen LogP contribution in [0.2, 0.25) is 0 Å². The van der Waals surface area contributed by atoms with Gasteiger partial charge in [0.2, 0.25) is 15.5 Å². The number of sulfonamides is 1. The topological polar surface area (TPSA) is 82.3 Å². The van der Waals surface area contributed by atoms with Crippen LogP contribution in [-0.4, -0.2) is 45.5 Å². The Morgan fingerprint density at radius 1 is 1.37 bits per heavy atom. The predicted molar refractivity (Wildman–Crippen MR) is 74.6 cm³/mol. The molecule has 1 aromatic heterocycles. The Bertz CT molecular complexity index is 576. The van der Waals surface area contributed by atoms with Gasteiger partial charge in [0.1, 0.15) is 4.90 Å². The summed E-state index contributed by atoms with van der Waals surface area (Å²) in [6.07, 6.45) is 2.60. The van der Waals surface area contributed by atoms with Crippen molar-refractivity contribution in [2.75, 3.05) is 27.2 Å². The van der Waals surface area contributed by atoms with Gasteiger partial charge >= 0.3 is 0 Å². The molecule has 108 valence electrons. The van der Waals surface area contributed by atoms with Gasteiger partial charge in [0.25, 0.3) is 0 Å². The third-order valence-electron chi connectivity index (χ3n) is 2.56. The molecule has 0 aliphatic heterocycles. The lowest BCUT2D eigenvalue weighted by Gasteiger charge is -2.28. The third-order valence-corrected chi connectivity index (χ3v) is 3.99. The summed E-state index contributed by atoms with van der Waals surface area (Å²) < 4.78 is 26.6. The van der Waals surface area contributed by atoms with Crippen molar-refractivity contribution in [3.05, 3.63) is 28.7 Å². The number of aromatic nitrogens is 1. The summed E-state index contributed by atoms with van der Waals surface area (Å²) in [5.41, 5.74) is -0.741.